The van der Waals surface area contributed by atoms with Crippen molar-refractivity contribution in [2.24, 2.45) is 17.3 Å². The van der Waals surface area contributed by atoms with Gasteiger partial charge in [0.2, 0.25) is 0 Å². The van der Waals surface area contributed by atoms with Crippen molar-refractivity contribution in [1.82, 2.24) is 5.32 Å². The highest BCUT2D eigenvalue weighted by Crippen LogP contribution is 2.49. The molecule has 2 rings (SSSR count). The zero-order valence-corrected chi connectivity index (χ0v) is 18.1. The molecule has 2 fully saturated rings. The van der Waals surface area contributed by atoms with Gasteiger partial charge in [0.1, 0.15) is 12.1 Å². The number of hydrogen-bond acceptors (Lipinski definition) is 7. The minimum Gasteiger partial charge on any atom is -0.480 e. The molecular weight excluding hydrogens is 382 g/mol. The summed E-state index contributed by atoms with van der Waals surface area (Å²) in [6.45, 7) is 8.00. The van der Waals surface area contributed by atoms with Gasteiger partial charge >= 0.3 is 5.97 Å². The normalized spacial score (nSPS) is 39.7. The van der Waals surface area contributed by atoms with Crippen LogP contribution < -0.4 is 5.32 Å². The molecule has 0 aromatic heterocycles. The minimum atomic E-state index is -1.29. The highest BCUT2D eigenvalue weighted by molar-refractivity contribution is 8.00. The van der Waals surface area contributed by atoms with Gasteiger partial charge in [0, 0.05) is 11.3 Å². The molecule has 2 aliphatic rings. The van der Waals surface area contributed by atoms with Gasteiger partial charge in [0.05, 0.1) is 24.1 Å². The Morgan fingerprint density at radius 1 is 1.18 bits per heavy atom. The first-order chi connectivity index (χ1) is 13.0. The molecule has 8 heteroatoms. The van der Waals surface area contributed by atoms with Gasteiger partial charge in [-0.25, -0.2) is 0 Å². The molecular formula is C20H37NO6S. The Bertz CT molecular complexity index is 529. The molecule has 2 unspecified atom stereocenters. The Hall–Kier alpha value is -0.380. The maximum Gasteiger partial charge on any atom is 0.320 e. The van der Waals surface area contributed by atoms with E-state index in [0.29, 0.717) is 12.8 Å². The van der Waals surface area contributed by atoms with Crippen LogP contribution in [0.15, 0.2) is 0 Å². The van der Waals surface area contributed by atoms with Crippen molar-refractivity contribution in [2.75, 3.05) is 6.61 Å². The summed E-state index contributed by atoms with van der Waals surface area (Å²) in [5.74, 6) is -0.563. The fraction of sp³-hybridized carbons (Fsp3) is 0.950. The predicted octanol–water partition coefficient (Wildman–Crippen LogP) is 0.829. The molecule has 1 aliphatic carbocycles. The fourth-order valence-corrected chi connectivity index (χ4v) is 6.47. The van der Waals surface area contributed by atoms with Crippen molar-refractivity contribution in [3.05, 3.63) is 0 Å². The lowest BCUT2D eigenvalue weighted by molar-refractivity contribution is -0.140. The highest BCUT2D eigenvalue weighted by atomic mass is 32.2. The number of aliphatic carboxylic acids is 1. The lowest BCUT2D eigenvalue weighted by Crippen LogP contribution is -2.59. The zero-order valence-electron chi connectivity index (χ0n) is 17.3. The smallest absolute Gasteiger partial charge is 0.320 e. The van der Waals surface area contributed by atoms with E-state index >= 15 is 0 Å². The van der Waals surface area contributed by atoms with Gasteiger partial charge < -0.3 is 30.8 Å². The van der Waals surface area contributed by atoms with Crippen LogP contribution >= 0.6 is 11.8 Å². The van der Waals surface area contributed by atoms with E-state index in [1.165, 1.54) is 11.8 Å². The fourth-order valence-electron chi connectivity index (χ4n) is 4.66. The van der Waals surface area contributed by atoms with E-state index in [0.717, 1.165) is 12.8 Å². The molecule has 0 aromatic rings. The monoisotopic (exact) mass is 419 g/mol. The van der Waals surface area contributed by atoms with Gasteiger partial charge in [0.25, 0.3) is 0 Å². The van der Waals surface area contributed by atoms with Crippen LogP contribution in [0, 0.1) is 17.3 Å². The minimum absolute atomic E-state index is 0.0160. The summed E-state index contributed by atoms with van der Waals surface area (Å²) in [7, 11) is 0. The topological polar surface area (TPSA) is 130 Å². The van der Waals surface area contributed by atoms with Crippen LogP contribution in [0.4, 0.5) is 0 Å². The summed E-state index contributed by atoms with van der Waals surface area (Å²) < 4.78 is 0. The third kappa shape index (κ3) is 5.40. The summed E-state index contributed by atoms with van der Waals surface area (Å²) in [5.41, 5.74) is -0.102. The van der Waals surface area contributed by atoms with E-state index in [9.17, 15) is 30.3 Å². The summed E-state index contributed by atoms with van der Waals surface area (Å²) in [5, 5.41) is 52.6. The van der Waals surface area contributed by atoms with Gasteiger partial charge in [-0.2, -0.15) is 0 Å². The molecule has 0 bridgehead atoms. The molecule has 0 spiro atoms. The SMILES string of the molecule is CC(C)C[C@H](NC1CCC(C)(C)C([C@@H]2S[C@H](CO)[C@H](O)[C@H](O)[C@H]2O)C1)C(=O)O. The largest absolute Gasteiger partial charge is 0.480 e. The number of aliphatic hydroxyl groups excluding tert-OH is 4. The molecule has 0 radical (unpaired) electrons. The van der Waals surface area contributed by atoms with Gasteiger partial charge in [-0.1, -0.05) is 27.7 Å². The van der Waals surface area contributed by atoms with Crippen LogP contribution in [0.1, 0.15) is 53.4 Å². The van der Waals surface area contributed by atoms with Crippen LogP contribution in [0.5, 0.6) is 0 Å². The number of carboxylic acids is 1. The summed E-state index contributed by atoms with van der Waals surface area (Å²) >= 11 is 1.34. The standard InChI is InChI=1S/C20H37NO6S/c1-10(2)7-13(19(26)27)21-11-5-6-20(3,4)12(8-11)18-17(25)16(24)15(23)14(9-22)28-18/h10-18,21-25H,5-9H2,1-4H3,(H,26,27)/t11?,12?,13-,14+,15-,16-,17+,18-/m0/s1. The molecule has 7 nitrogen and oxygen atoms in total. The van der Waals surface area contributed by atoms with Crippen LogP contribution in [-0.2, 0) is 4.79 Å². The first kappa shape index (κ1) is 23.9. The van der Waals surface area contributed by atoms with Crippen molar-refractivity contribution < 1.29 is 30.3 Å². The number of thioether (sulfide) groups is 1. The first-order valence-electron chi connectivity index (χ1n) is 10.3. The van der Waals surface area contributed by atoms with Crippen LogP contribution in [-0.4, -0.2) is 79.0 Å². The van der Waals surface area contributed by atoms with Crippen LogP contribution in [0.25, 0.3) is 0 Å². The van der Waals surface area contributed by atoms with Gasteiger partial charge in [0.15, 0.2) is 0 Å². The molecule has 0 aromatic carbocycles. The van der Waals surface area contributed by atoms with Crippen molar-refractivity contribution in [3.63, 3.8) is 0 Å². The quantitative estimate of drug-likeness (QED) is 0.358. The Labute approximate surface area is 171 Å². The van der Waals surface area contributed by atoms with E-state index in [2.05, 4.69) is 19.2 Å². The molecule has 0 amide bonds. The van der Waals surface area contributed by atoms with E-state index in [4.69, 9.17) is 0 Å². The van der Waals surface area contributed by atoms with E-state index in [-0.39, 0.29) is 35.1 Å². The lowest BCUT2D eigenvalue weighted by atomic mass is 9.64. The molecule has 6 N–H and O–H groups in total. The van der Waals surface area contributed by atoms with Crippen molar-refractivity contribution in [3.8, 4) is 0 Å². The van der Waals surface area contributed by atoms with Crippen LogP contribution in [0.3, 0.4) is 0 Å². The summed E-state index contributed by atoms with van der Waals surface area (Å²) in [4.78, 5) is 11.6. The predicted molar refractivity (Wildman–Crippen MR) is 109 cm³/mol. The average Bonchev–Trinajstić information content (AvgIpc) is 2.61. The Balaban J connectivity index is 2.16. The second-order valence-corrected chi connectivity index (χ2v) is 11.0. The summed E-state index contributed by atoms with van der Waals surface area (Å²) in [6.07, 6.45) is -0.576. The molecule has 28 heavy (non-hydrogen) atoms. The molecule has 1 saturated carbocycles. The van der Waals surface area contributed by atoms with Crippen molar-refractivity contribution in [2.45, 2.75) is 94.3 Å². The number of carbonyl (C=O) groups is 1. The second kappa shape index (κ2) is 9.62. The number of carboxylic acid groups (broad SMARTS) is 1. The number of aliphatic hydroxyl groups is 4. The molecule has 164 valence electrons. The third-order valence-electron chi connectivity index (χ3n) is 6.45. The second-order valence-electron chi connectivity index (χ2n) is 9.55. The molecule has 1 aliphatic heterocycles. The van der Waals surface area contributed by atoms with Gasteiger partial charge in [-0.3, -0.25) is 4.79 Å². The Morgan fingerprint density at radius 2 is 1.82 bits per heavy atom. The molecule has 1 heterocycles. The lowest BCUT2D eigenvalue weighted by Gasteiger charge is -2.51. The number of hydrogen-bond donors (Lipinski definition) is 6. The number of rotatable bonds is 7. The number of nitrogens with one attached hydrogen (secondary N) is 1. The molecule has 1 saturated heterocycles. The van der Waals surface area contributed by atoms with Crippen LogP contribution in [0.2, 0.25) is 0 Å². The van der Waals surface area contributed by atoms with Gasteiger partial charge in [-0.15, -0.1) is 11.8 Å². The maximum atomic E-state index is 11.6. The van der Waals surface area contributed by atoms with Crippen molar-refractivity contribution >= 4 is 17.7 Å². The highest BCUT2D eigenvalue weighted by Gasteiger charge is 2.51. The van der Waals surface area contributed by atoms with E-state index in [1.54, 1.807) is 0 Å². The van der Waals surface area contributed by atoms with E-state index in [1.807, 2.05) is 13.8 Å². The summed E-state index contributed by atoms with van der Waals surface area (Å²) in [6, 6.07) is -0.587. The molecule has 8 atom stereocenters. The van der Waals surface area contributed by atoms with Gasteiger partial charge in [-0.05, 0) is 42.9 Å². The Kier molecular flexibility index (Phi) is 8.21. The van der Waals surface area contributed by atoms with E-state index < -0.39 is 35.6 Å². The first-order valence-corrected chi connectivity index (χ1v) is 11.2. The zero-order chi connectivity index (χ0) is 21.2. The maximum absolute atomic E-state index is 11.6. The third-order valence-corrected chi connectivity index (χ3v) is 8.15. The van der Waals surface area contributed by atoms with Crippen molar-refractivity contribution in [1.29, 1.82) is 0 Å². The average molecular weight is 420 g/mol. The Morgan fingerprint density at radius 3 is 2.36 bits per heavy atom.